The molecule has 1 heterocycles. The number of benzene rings is 1. The van der Waals surface area contributed by atoms with E-state index in [0.717, 1.165) is 0 Å². The summed E-state index contributed by atoms with van der Waals surface area (Å²) in [4.78, 5) is 24.5. The Morgan fingerprint density at radius 1 is 1.50 bits per heavy atom. The van der Waals surface area contributed by atoms with E-state index in [2.05, 4.69) is 5.92 Å². The van der Waals surface area contributed by atoms with Crippen molar-refractivity contribution in [1.29, 1.82) is 0 Å². The molecule has 2 unspecified atom stereocenters. The van der Waals surface area contributed by atoms with Crippen molar-refractivity contribution in [3.8, 4) is 12.3 Å². The highest BCUT2D eigenvalue weighted by molar-refractivity contribution is 5.85. The third kappa shape index (κ3) is 2.97. The summed E-state index contributed by atoms with van der Waals surface area (Å²) >= 11 is 0. The Hall–Kier alpha value is -2.35. The zero-order valence-electron chi connectivity index (χ0n) is 10.8. The minimum absolute atomic E-state index is 0.138. The van der Waals surface area contributed by atoms with Crippen LogP contribution in [0.15, 0.2) is 24.3 Å². The largest absolute Gasteiger partial charge is 0.480 e. The van der Waals surface area contributed by atoms with Gasteiger partial charge in [0.2, 0.25) is 5.91 Å². The maximum Gasteiger partial charge on any atom is 0.326 e. The van der Waals surface area contributed by atoms with Gasteiger partial charge in [0, 0.05) is 25.3 Å². The van der Waals surface area contributed by atoms with E-state index in [0.29, 0.717) is 5.56 Å². The number of carboxylic acids is 1. The van der Waals surface area contributed by atoms with Gasteiger partial charge in [-0.05, 0) is 17.7 Å². The van der Waals surface area contributed by atoms with E-state index in [9.17, 15) is 19.1 Å². The topological polar surface area (TPSA) is 57.6 Å². The van der Waals surface area contributed by atoms with Crippen LogP contribution in [-0.4, -0.2) is 34.5 Å². The highest BCUT2D eigenvalue weighted by atomic mass is 19.1. The summed E-state index contributed by atoms with van der Waals surface area (Å²) in [7, 11) is 0. The first-order valence-electron chi connectivity index (χ1n) is 6.24. The van der Waals surface area contributed by atoms with E-state index in [1.807, 2.05) is 0 Å². The minimum atomic E-state index is -1.08. The van der Waals surface area contributed by atoms with Crippen LogP contribution in [-0.2, 0) is 16.0 Å². The normalized spacial score (nSPS) is 19.7. The molecule has 5 heteroatoms. The van der Waals surface area contributed by atoms with Gasteiger partial charge < -0.3 is 10.0 Å². The molecule has 0 bridgehead atoms. The van der Waals surface area contributed by atoms with Crippen molar-refractivity contribution in [1.82, 2.24) is 4.90 Å². The molecule has 0 aromatic heterocycles. The van der Waals surface area contributed by atoms with Gasteiger partial charge in [0.1, 0.15) is 11.9 Å². The third-order valence-corrected chi connectivity index (χ3v) is 3.40. The average molecular weight is 275 g/mol. The lowest BCUT2D eigenvalue weighted by molar-refractivity contribution is -0.148. The number of likely N-dealkylation sites (tertiary alicyclic amines) is 1. The van der Waals surface area contributed by atoms with Crippen LogP contribution in [0.25, 0.3) is 0 Å². The predicted molar refractivity (Wildman–Crippen MR) is 70.2 cm³/mol. The van der Waals surface area contributed by atoms with Crippen LogP contribution in [0, 0.1) is 24.1 Å². The van der Waals surface area contributed by atoms with E-state index >= 15 is 0 Å². The van der Waals surface area contributed by atoms with Gasteiger partial charge in [0.05, 0.1) is 0 Å². The molecule has 4 nitrogen and oxygen atoms in total. The number of rotatable bonds is 4. The Balaban J connectivity index is 2.16. The molecule has 0 spiro atoms. The van der Waals surface area contributed by atoms with Crippen LogP contribution in [0.3, 0.4) is 0 Å². The third-order valence-electron chi connectivity index (χ3n) is 3.40. The first-order chi connectivity index (χ1) is 9.51. The molecular weight excluding hydrogens is 261 g/mol. The molecule has 0 saturated carbocycles. The summed E-state index contributed by atoms with van der Waals surface area (Å²) in [6, 6.07) is 4.61. The zero-order chi connectivity index (χ0) is 14.7. The fourth-order valence-corrected chi connectivity index (χ4v) is 2.32. The van der Waals surface area contributed by atoms with E-state index in [-0.39, 0.29) is 37.0 Å². The van der Waals surface area contributed by atoms with Gasteiger partial charge in [0.15, 0.2) is 0 Å². The van der Waals surface area contributed by atoms with Gasteiger partial charge in [-0.2, -0.15) is 0 Å². The van der Waals surface area contributed by atoms with Crippen LogP contribution in [0.2, 0.25) is 0 Å². The predicted octanol–water partition coefficient (Wildman–Crippen LogP) is 1.30. The summed E-state index contributed by atoms with van der Waals surface area (Å²) in [5.74, 6) is 0.531. The van der Waals surface area contributed by atoms with E-state index in [1.54, 1.807) is 0 Å². The number of terminal acetylenes is 1. The number of carbonyl (C=O) groups excluding carboxylic acids is 1. The van der Waals surface area contributed by atoms with Crippen LogP contribution >= 0.6 is 0 Å². The Labute approximate surface area is 116 Å². The fourth-order valence-electron chi connectivity index (χ4n) is 2.32. The lowest BCUT2D eigenvalue weighted by Crippen LogP contribution is -2.43. The molecule has 20 heavy (non-hydrogen) atoms. The molecular formula is C15H14FNO3. The summed E-state index contributed by atoms with van der Waals surface area (Å²) in [6.07, 6.45) is 5.61. The molecule has 1 aromatic carbocycles. The summed E-state index contributed by atoms with van der Waals surface area (Å²) in [5, 5.41) is 9.31. The zero-order valence-corrected chi connectivity index (χ0v) is 10.8. The van der Waals surface area contributed by atoms with Gasteiger partial charge >= 0.3 is 5.97 Å². The van der Waals surface area contributed by atoms with Crippen molar-refractivity contribution in [3.05, 3.63) is 35.6 Å². The quantitative estimate of drug-likeness (QED) is 0.843. The Bertz CT molecular complexity index is 561. The van der Waals surface area contributed by atoms with Crippen molar-refractivity contribution in [2.45, 2.75) is 18.9 Å². The molecule has 1 aromatic rings. The van der Waals surface area contributed by atoms with E-state index in [4.69, 9.17) is 6.42 Å². The van der Waals surface area contributed by atoms with Crippen molar-refractivity contribution >= 4 is 11.9 Å². The highest BCUT2D eigenvalue weighted by Crippen LogP contribution is 2.22. The monoisotopic (exact) mass is 275 g/mol. The number of hydrogen-bond donors (Lipinski definition) is 1. The second kappa shape index (κ2) is 5.74. The van der Waals surface area contributed by atoms with Gasteiger partial charge in [-0.1, -0.05) is 12.1 Å². The molecule has 1 fully saturated rings. The molecule has 2 rings (SSSR count). The van der Waals surface area contributed by atoms with Crippen molar-refractivity contribution < 1.29 is 19.1 Å². The van der Waals surface area contributed by atoms with Crippen LogP contribution in [0.4, 0.5) is 4.39 Å². The number of amides is 1. The number of carbonyl (C=O) groups is 2. The molecule has 0 radical (unpaired) electrons. The molecule has 2 atom stereocenters. The van der Waals surface area contributed by atoms with Gasteiger partial charge in [-0.15, -0.1) is 12.3 Å². The second-order valence-electron chi connectivity index (χ2n) is 4.80. The standard InChI is InChI=1S/C15H14FNO3/c1-2-10-8-14(18)17(9-10)13(15(19)20)7-11-3-5-12(16)6-4-11/h1,3-6,10,13H,7-9H2,(H,19,20). The van der Waals surface area contributed by atoms with Crippen molar-refractivity contribution in [3.63, 3.8) is 0 Å². The van der Waals surface area contributed by atoms with Gasteiger partial charge in [0.25, 0.3) is 0 Å². The first kappa shape index (κ1) is 14.1. The lowest BCUT2D eigenvalue weighted by atomic mass is 10.0. The van der Waals surface area contributed by atoms with Crippen LogP contribution in [0.5, 0.6) is 0 Å². The summed E-state index contributed by atoms with van der Waals surface area (Å²) in [5.41, 5.74) is 0.663. The molecule has 1 saturated heterocycles. The number of halogens is 1. The van der Waals surface area contributed by atoms with Crippen LogP contribution < -0.4 is 0 Å². The molecule has 1 aliphatic rings. The number of carboxylic acid groups (broad SMARTS) is 1. The number of nitrogens with zero attached hydrogens (tertiary/aromatic N) is 1. The molecule has 1 amide bonds. The van der Waals surface area contributed by atoms with Gasteiger partial charge in [-0.25, -0.2) is 9.18 Å². The van der Waals surface area contributed by atoms with Gasteiger partial charge in [-0.3, -0.25) is 4.79 Å². The molecule has 1 N–H and O–H groups in total. The Morgan fingerprint density at radius 2 is 2.15 bits per heavy atom. The van der Waals surface area contributed by atoms with Crippen LogP contribution in [0.1, 0.15) is 12.0 Å². The molecule has 104 valence electrons. The minimum Gasteiger partial charge on any atom is -0.480 e. The van der Waals surface area contributed by atoms with E-state index in [1.165, 1.54) is 29.2 Å². The first-order valence-corrected chi connectivity index (χ1v) is 6.24. The second-order valence-corrected chi connectivity index (χ2v) is 4.80. The fraction of sp³-hybridized carbons (Fsp3) is 0.333. The molecule has 0 aliphatic carbocycles. The average Bonchev–Trinajstić information content (AvgIpc) is 2.79. The molecule has 1 aliphatic heterocycles. The number of hydrogen-bond acceptors (Lipinski definition) is 2. The lowest BCUT2D eigenvalue weighted by Gasteiger charge is -2.24. The maximum atomic E-state index is 12.8. The number of aliphatic carboxylic acids is 1. The Kier molecular flexibility index (Phi) is 4.04. The summed E-state index contributed by atoms with van der Waals surface area (Å²) < 4.78 is 12.8. The van der Waals surface area contributed by atoms with E-state index < -0.39 is 12.0 Å². The smallest absolute Gasteiger partial charge is 0.326 e. The van der Waals surface area contributed by atoms with Crippen molar-refractivity contribution in [2.24, 2.45) is 5.92 Å². The Morgan fingerprint density at radius 3 is 2.65 bits per heavy atom. The maximum absolute atomic E-state index is 12.8. The SMILES string of the molecule is C#CC1CC(=O)N(C(Cc2ccc(F)cc2)C(=O)O)C1. The highest BCUT2D eigenvalue weighted by Gasteiger charge is 2.36. The van der Waals surface area contributed by atoms with Crippen molar-refractivity contribution in [2.75, 3.05) is 6.54 Å². The summed E-state index contributed by atoms with van der Waals surface area (Å²) in [6.45, 7) is 0.257.